The lowest BCUT2D eigenvalue weighted by Crippen LogP contribution is -2.30. The molecule has 2 unspecified atom stereocenters. The third-order valence-corrected chi connectivity index (χ3v) is 3.98. The molecular weight excluding hydrogens is 294 g/mol. The molecular formula is C16H21N5O2. The minimum atomic E-state index is -0.148. The lowest BCUT2D eigenvalue weighted by atomic mass is 10.0. The zero-order chi connectivity index (χ0) is 16.2. The Bertz CT molecular complexity index is 670. The number of methoxy groups -OCH3 is 1. The van der Waals surface area contributed by atoms with Crippen LogP contribution in [0.2, 0.25) is 0 Å². The Hall–Kier alpha value is -2.41. The smallest absolute Gasteiger partial charge is 0.256 e. The molecule has 0 fully saturated rings. The highest BCUT2D eigenvalue weighted by molar-refractivity contribution is 5.98. The van der Waals surface area contributed by atoms with Gasteiger partial charge >= 0.3 is 0 Å². The summed E-state index contributed by atoms with van der Waals surface area (Å²) in [6.07, 6.45) is 4.27. The van der Waals surface area contributed by atoms with Crippen LogP contribution in [0.15, 0.2) is 30.6 Å². The molecule has 1 aliphatic heterocycles. The van der Waals surface area contributed by atoms with Crippen LogP contribution >= 0.6 is 0 Å². The molecule has 0 saturated carbocycles. The van der Waals surface area contributed by atoms with E-state index >= 15 is 0 Å². The Morgan fingerprint density at radius 3 is 3.13 bits per heavy atom. The third-order valence-electron chi connectivity index (χ3n) is 3.98. The number of hydrogen-bond donors (Lipinski definition) is 2. The van der Waals surface area contributed by atoms with Crippen LogP contribution in [0.25, 0.3) is 0 Å². The molecule has 2 aromatic rings. The second kappa shape index (κ2) is 6.78. The monoisotopic (exact) mass is 315 g/mol. The van der Waals surface area contributed by atoms with Gasteiger partial charge in [0, 0.05) is 19.9 Å². The van der Waals surface area contributed by atoms with E-state index in [0.29, 0.717) is 18.7 Å². The summed E-state index contributed by atoms with van der Waals surface area (Å²) in [6, 6.07) is 6.13. The van der Waals surface area contributed by atoms with Crippen LogP contribution < -0.4 is 10.6 Å². The lowest BCUT2D eigenvalue weighted by Gasteiger charge is -2.30. The predicted molar refractivity (Wildman–Crippen MR) is 86.4 cm³/mol. The summed E-state index contributed by atoms with van der Waals surface area (Å²) < 4.78 is 6.82. The Kier molecular flexibility index (Phi) is 4.57. The Balaban J connectivity index is 1.82. The molecule has 3 rings (SSSR count). The highest BCUT2D eigenvalue weighted by Gasteiger charge is 2.29. The predicted octanol–water partition coefficient (Wildman–Crippen LogP) is 1.77. The van der Waals surface area contributed by atoms with Gasteiger partial charge < -0.3 is 15.4 Å². The molecule has 0 bridgehead atoms. The summed E-state index contributed by atoms with van der Waals surface area (Å²) in [5, 5.41) is 10.6. The van der Waals surface area contributed by atoms with E-state index in [4.69, 9.17) is 4.74 Å². The molecule has 0 aliphatic carbocycles. The van der Waals surface area contributed by atoms with Crippen molar-refractivity contribution in [2.45, 2.75) is 25.4 Å². The number of rotatable bonds is 5. The highest BCUT2D eigenvalue weighted by Crippen LogP contribution is 2.35. The van der Waals surface area contributed by atoms with Gasteiger partial charge in [0.05, 0.1) is 30.6 Å². The molecule has 3 heterocycles. The van der Waals surface area contributed by atoms with Crippen LogP contribution in [-0.2, 0) is 4.74 Å². The molecule has 1 amide bonds. The summed E-state index contributed by atoms with van der Waals surface area (Å²) >= 11 is 0. The van der Waals surface area contributed by atoms with Crippen LogP contribution in [0.1, 0.15) is 41.5 Å². The van der Waals surface area contributed by atoms with Gasteiger partial charge in [-0.25, -0.2) is 4.68 Å². The number of nitrogens with one attached hydrogen (secondary N) is 2. The molecule has 2 aromatic heterocycles. The molecule has 1 aliphatic rings. The van der Waals surface area contributed by atoms with Gasteiger partial charge in [0.15, 0.2) is 0 Å². The van der Waals surface area contributed by atoms with Gasteiger partial charge in [0.1, 0.15) is 11.4 Å². The van der Waals surface area contributed by atoms with Crippen LogP contribution in [0.4, 0.5) is 5.82 Å². The summed E-state index contributed by atoms with van der Waals surface area (Å²) in [5.74, 6) is 0.596. The Labute approximate surface area is 135 Å². The maximum Gasteiger partial charge on any atom is 0.256 e. The lowest BCUT2D eigenvalue weighted by molar-refractivity contribution is 0.0937. The number of amides is 1. The van der Waals surface area contributed by atoms with Crippen LogP contribution in [-0.4, -0.2) is 40.9 Å². The molecule has 23 heavy (non-hydrogen) atoms. The SMILES string of the molecule is COCCNC(=O)c1cnn2c1NC(c1ccccn1)CC2C. The van der Waals surface area contributed by atoms with Gasteiger partial charge in [-0.2, -0.15) is 5.10 Å². The zero-order valence-corrected chi connectivity index (χ0v) is 13.3. The molecule has 2 N–H and O–H groups in total. The molecule has 7 heteroatoms. The van der Waals surface area contributed by atoms with Gasteiger partial charge in [0.2, 0.25) is 0 Å². The van der Waals surface area contributed by atoms with Crippen molar-refractivity contribution in [1.82, 2.24) is 20.1 Å². The summed E-state index contributed by atoms with van der Waals surface area (Å²) in [7, 11) is 1.61. The van der Waals surface area contributed by atoms with Crippen molar-refractivity contribution in [3.63, 3.8) is 0 Å². The van der Waals surface area contributed by atoms with Gasteiger partial charge in [-0.3, -0.25) is 9.78 Å². The van der Waals surface area contributed by atoms with Crippen molar-refractivity contribution in [1.29, 1.82) is 0 Å². The maximum atomic E-state index is 12.3. The fraction of sp³-hybridized carbons (Fsp3) is 0.438. The first kappa shape index (κ1) is 15.5. The van der Waals surface area contributed by atoms with Crippen molar-refractivity contribution in [3.8, 4) is 0 Å². The molecule has 7 nitrogen and oxygen atoms in total. The average Bonchev–Trinajstić information content (AvgIpc) is 3.00. The van der Waals surface area contributed by atoms with Crippen molar-refractivity contribution in [3.05, 3.63) is 41.9 Å². The number of carbonyl (C=O) groups excluding carboxylic acids is 1. The fourth-order valence-electron chi connectivity index (χ4n) is 2.81. The van der Waals surface area contributed by atoms with Crippen molar-refractivity contribution in [2.24, 2.45) is 0 Å². The van der Waals surface area contributed by atoms with Crippen molar-refractivity contribution < 1.29 is 9.53 Å². The van der Waals surface area contributed by atoms with E-state index in [1.807, 2.05) is 22.9 Å². The number of nitrogens with zero attached hydrogens (tertiary/aromatic N) is 3. The fourth-order valence-corrected chi connectivity index (χ4v) is 2.81. The summed E-state index contributed by atoms with van der Waals surface area (Å²) in [5.41, 5.74) is 1.52. The van der Waals surface area contributed by atoms with E-state index in [-0.39, 0.29) is 18.0 Å². The number of carbonyl (C=O) groups is 1. The molecule has 0 saturated heterocycles. The number of ether oxygens (including phenoxy) is 1. The normalized spacial score (nSPS) is 19.7. The van der Waals surface area contributed by atoms with Gasteiger partial charge in [0.25, 0.3) is 5.91 Å². The summed E-state index contributed by atoms with van der Waals surface area (Å²) in [4.78, 5) is 16.7. The number of pyridine rings is 1. The minimum Gasteiger partial charge on any atom is -0.383 e. The van der Waals surface area contributed by atoms with Crippen molar-refractivity contribution >= 4 is 11.7 Å². The van der Waals surface area contributed by atoms with Crippen LogP contribution in [0.5, 0.6) is 0 Å². The largest absolute Gasteiger partial charge is 0.383 e. The molecule has 0 aromatic carbocycles. The average molecular weight is 315 g/mol. The second-order valence-corrected chi connectivity index (χ2v) is 5.64. The molecule has 0 radical (unpaired) electrons. The Morgan fingerprint density at radius 2 is 2.39 bits per heavy atom. The van der Waals surface area contributed by atoms with Gasteiger partial charge in [-0.1, -0.05) is 6.07 Å². The number of fused-ring (bicyclic) bond motifs is 1. The Morgan fingerprint density at radius 1 is 1.52 bits per heavy atom. The first-order chi connectivity index (χ1) is 11.2. The van der Waals surface area contributed by atoms with Crippen LogP contribution in [0.3, 0.4) is 0 Å². The van der Waals surface area contributed by atoms with E-state index < -0.39 is 0 Å². The van der Waals surface area contributed by atoms with Gasteiger partial charge in [-0.05, 0) is 25.5 Å². The number of hydrogen-bond acceptors (Lipinski definition) is 5. The van der Waals surface area contributed by atoms with Gasteiger partial charge in [-0.15, -0.1) is 0 Å². The van der Waals surface area contributed by atoms with Crippen LogP contribution in [0, 0.1) is 0 Å². The van der Waals surface area contributed by atoms with Crippen molar-refractivity contribution in [2.75, 3.05) is 25.6 Å². The molecule has 2 atom stereocenters. The van der Waals surface area contributed by atoms with E-state index in [9.17, 15) is 4.79 Å². The van der Waals surface area contributed by atoms with E-state index in [2.05, 4.69) is 27.6 Å². The number of anilines is 1. The number of aromatic nitrogens is 3. The standard InChI is InChI=1S/C16H21N5O2/c1-11-9-14(13-5-3-4-6-17-13)20-15-12(10-19-21(11)15)16(22)18-7-8-23-2/h3-6,10-11,14,20H,7-9H2,1-2H3,(H,18,22). The first-order valence-electron chi connectivity index (χ1n) is 7.72. The van der Waals surface area contributed by atoms with E-state index in [1.54, 1.807) is 19.5 Å². The first-order valence-corrected chi connectivity index (χ1v) is 7.72. The topological polar surface area (TPSA) is 81.1 Å². The zero-order valence-electron chi connectivity index (χ0n) is 13.3. The molecule has 0 spiro atoms. The van der Waals surface area contributed by atoms with E-state index in [0.717, 1.165) is 17.9 Å². The maximum absolute atomic E-state index is 12.3. The third kappa shape index (κ3) is 3.19. The second-order valence-electron chi connectivity index (χ2n) is 5.64. The molecule has 122 valence electrons. The minimum absolute atomic E-state index is 0.0703. The van der Waals surface area contributed by atoms with E-state index in [1.165, 1.54) is 0 Å². The summed E-state index contributed by atoms with van der Waals surface area (Å²) in [6.45, 7) is 3.05. The quantitative estimate of drug-likeness (QED) is 0.822. The highest BCUT2D eigenvalue weighted by atomic mass is 16.5.